The number of rotatable bonds is 5. The minimum absolute atomic E-state index is 0.157. The molecule has 8 heteroatoms. The number of nitrogens with zero attached hydrogens (tertiary/aromatic N) is 5. The smallest absolute Gasteiger partial charge is 0.266 e. The molecule has 2 fully saturated rings. The molecule has 0 spiro atoms. The molecule has 0 aliphatic carbocycles. The van der Waals surface area contributed by atoms with Gasteiger partial charge in [-0.15, -0.1) is 0 Å². The first-order valence-corrected chi connectivity index (χ1v) is 11.1. The van der Waals surface area contributed by atoms with Crippen LogP contribution in [0.5, 0.6) is 0 Å². The monoisotopic (exact) mass is 424 g/mol. The van der Waals surface area contributed by atoms with Crippen LogP contribution < -0.4 is 10.2 Å². The fraction of sp³-hybridized carbons (Fsp3) is 0.609. The van der Waals surface area contributed by atoms with Gasteiger partial charge in [0, 0.05) is 39.5 Å². The number of hydrogen-bond donors (Lipinski definition) is 1. The summed E-state index contributed by atoms with van der Waals surface area (Å²) in [6.45, 7) is 7.78. The third-order valence-electron chi connectivity index (χ3n) is 6.84. The van der Waals surface area contributed by atoms with E-state index in [9.17, 15) is 10.1 Å². The summed E-state index contributed by atoms with van der Waals surface area (Å²) in [7, 11) is 1.74. The first-order chi connectivity index (χ1) is 15.0. The molecule has 4 rings (SSSR count). The molecular formula is C23H32N6O2. The maximum absolute atomic E-state index is 13.6. The van der Waals surface area contributed by atoms with Crippen molar-refractivity contribution in [2.24, 2.45) is 0 Å². The quantitative estimate of drug-likeness (QED) is 0.574. The molecule has 0 bridgehead atoms. The van der Waals surface area contributed by atoms with Gasteiger partial charge in [-0.05, 0) is 45.6 Å². The molecule has 4 heterocycles. The topological polar surface area (TPSA) is 84.7 Å². The molecular weight excluding hydrogens is 392 g/mol. The van der Waals surface area contributed by atoms with Gasteiger partial charge in [-0.3, -0.25) is 14.7 Å². The molecule has 1 atom stereocenters. The van der Waals surface area contributed by atoms with Gasteiger partial charge in [-0.2, -0.15) is 5.26 Å². The predicted octanol–water partition coefficient (Wildman–Crippen LogP) is 2.56. The van der Waals surface area contributed by atoms with E-state index in [1.807, 2.05) is 11.0 Å². The van der Waals surface area contributed by atoms with Gasteiger partial charge in [0.25, 0.3) is 5.91 Å². The highest BCUT2D eigenvalue weighted by atomic mass is 16.5. The number of ether oxygens (including phenoxy) is 1. The zero-order valence-corrected chi connectivity index (χ0v) is 18.7. The molecule has 1 amide bonds. The molecule has 166 valence electrons. The lowest BCUT2D eigenvalue weighted by Gasteiger charge is -2.42. The van der Waals surface area contributed by atoms with Crippen molar-refractivity contribution in [2.45, 2.75) is 51.2 Å². The van der Waals surface area contributed by atoms with Crippen LogP contribution in [0.4, 0.5) is 11.4 Å². The van der Waals surface area contributed by atoms with Gasteiger partial charge in [-0.25, -0.2) is 0 Å². The zero-order chi connectivity index (χ0) is 22.0. The number of carbonyl (C=O) groups excluding carboxylic acids is 1. The van der Waals surface area contributed by atoms with E-state index in [1.165, 1.54) is 0 Å². The van der Waals surface area contributed by atoms with E-state index in [1.54, 1.807) is 19.5 Å². The minimum Gasteiger partial charge on any atom is -0.380 e. The van der Waals surface area contributed by atoms with Crippen LogP contribution in [0.2, 0.25) is 0 Å². The normalized spacial score (nSPS) is 22.6. The molecule has 0 saturated carbocycles. The van der Waals surface area contributed by atoms with Gasteiger partial charge in [-0.1, -0.05) is 0 Å². The fourth-order valence-corrected chi connectivity index (χ4v) is 5.01. The second-order valence-electron chi connectivity index (χ2n) is 9.00. The average molecular weight is 425 g/mol. The highest BCUT2D eigenvalue weighted by Crippen LogP contribution is 2.40. The average Bonchev–Trinajstić information content (AvgIpc) is 3.45. The maximum Gasteiger partial charge on any atom is 0.266 e. The van der Waals surface area contributed by atoms with E-state index in [0.717, 1.165) is 55.8 Å². The number of piperidine rings is 1. The summed E-state index contributed by atoms with van der Waals surface area (Å²) in [6.07, 6.45) is 7.75. The molecule has 1 N–H and O–H groups in total. The Hall–Kier alpha value is -2.63. The highest BCUT2D eigenvalue weighted by molar-refractivity contribution is 5.99. The Morgan fingerprint density at radius 2 is 2.06 bits per heavy atom. The van der Waals surface area contributed by atoms with Gasteiger partial charge in [0.15, 0.2) is 0 Å². The summed E-state index contributed by atoms with van der Waals surface area (Å²) in [4.78, 5) is 24.0. The third-order valence-corrected chi connectivity index (χ3v) is 6.84. The fourth-order valence-electron chi connectivity index (χ4n) is 5.01. The summed E-state index contributed by atoms with van der Waals surface area (Å²) in [6, 6.07) is 4.25. The van der Waals surface area contributed by atoms with Crippen LogP contribution in [0.15, 0.2) is 29.7 Å². The van der Waals surface area contributed by atoms with Crippen LogP contribution in [0, 0.1) is 11.3 Å². The van der Waals surface area contributed by atoms with Crippen molar-refractivity contribution < 1.29 is 9.53 Å². The van der Waals surface area contributed by atoms with Crippen LogP contribution >= 0.6 is 0 Å². The summed E-state index contributed by atoms with van der Waals surface area (Å²) in [5, 5.41) is 13.6. The van der Waals surface area contributed by atoms with Crippen LogP contribution in [0.3, 0.4) is 0 Å². The number of amides is 1. The van der Waals surface area contributed by atoms with Gasteiger partial charge in [0.1, 0.15) is 11.6 Å². The van der Waals surface area contributed by atoms with Crippen molar-refractivity contribution in [3.63, 3.8) is 0 Å². The van der Waals surface area contributed by atoms with E-state index < -0.39 is 5.54 Å². The molecule has 1 aromatic rings. The second-order valence-corrected chi connectivity index (χ2v) is 9.00. The second kappa shape index (κ2) is 8.85. The van der Waals surface area contributed by atoms with E-state index in [0.29, 0.717) is 19.8 Å². The van der Waals surface area contributed by atoms with Crippen molar-refractivity contribution >= 4 is 17.3 Å². The van der Waals surface area contributed by atoms with Gasteiger partial charge < -0.3 is 19.9 Å². The Balaban J connectivity index is 1.80. The lowest BCUT2D eigenvalue weighted by atomic mass is 9.91. The standard InChI is InChI=1S/C23H32N6O2/c1-23(2,28-12-8-17(15-28)31-3)21(29-16-26-19-14-25-9-7-20(19)29)18(13-24)22(30)27-10-5-4-6-11-27/h7,9,14,17,26H,4-6,8,10-12,15-16H2,1-3H3. The highest BCUT2D eigenvalue weighted by Gasteiger charge is 2.43. The molecule has 31 heavy (non-hydrogen) atoms. The molecule has 1 aromatic heterocycles. The molecule has 1 unspecified atom stereocenters. The lowest BCUT2D eigenvalue weighted by molar-refractivity contribution is -0.127. The number of nitriles is 1. The minimum atomic E-state index is -0.531. The van der Waals surface area contributed by atoms with E-state index in [-0.39, 0.29) is 17.6 Å². The summed E-state index contributed by atoms with van der Waals surface area (Å²) >= 11 is 0. The number of carbonyl (C=O) groups is 1. The summed E-state index contributed by atoms with van der Waals surface area (Å²) in [5.74, 6) is -0.157. The Morgan fingerprint density at radius 1 is 1.29 bits per heavy atom. The van der Waals surface area contributed by atoms with E-state index in [4.69, 9.17) is 4.74 Å². The Morgan fingerprint density at radius 3 is 2.74 bits per heavy atom. The van der Waals surface area contributed by atoms with Crippen LogP contribution in [0.1, 0.15) is 39.5 Å². The summed E-state index contributed by atoms with van der Waals surface area (Å²) in [5.41, 5.74) is 2.31. The number of likely N-dealkylation sites (tertiary alicyclic amines) is 2. The number of anilines is 2. The van der Waals surface area contributed by atoms with Gasteiger partial charge in [0.05, 0.1) is 41.6 Å². The lowest BCUT2D eigenvalue weighted by Crippen LogP contribution is -2.51. The first kappa shape index (κ1) is 21.6. The molecule has 3 aliphatic heterocycles. The van der Waals surface area contributed by atoms with Crippen molar-refractivity contribution in [1.29, 1.82) is 5.26 Å². The SMILES string of the molecule is COC1CCN(C(C)(C)C(=C(C#N)C(=O)N2CCCCC2)N2CNc3cnccc32)C1. The summed E-state index contributed by atoms with van der Waals surface area (Å²) < 4.78 is 5.60. The molecule has 0 radical (unpaired) electrons. The van der Waals surface area contributed by atoms with Crippen molar-refractivity contribution in [3.8, 4) is 6.07 Å². The van der Waals surface area contributed by atoms with Crippen molar-refractivity contribution in [1.82, 2.24) is 14.8 Å². The first-order valence-electron chi connectivity index (χ1n) is 11.1. The molecule has 0 aromatic carbocycles. The Bertz CT molecular complexity index is 900. The van der Waals surface area contributed by atoms with E-state index in [2.05, 4.69) is 40.0 Å². The predicted molar refractivity (Wildman–Crippen MR) is 119 cm³/mol. The maximum atomic E-state index is 13.6. The molecule has 8 nitrogen and oxygen atoms in total. The largest absolute Gasteiger partial charge is 0.380 e. The van der Waals surface area contributed by atoms with Gasteiger partial charge >= 0.3 is 0 Å². The number of fused-ring (bicyclic) bond motifs is 1. The van der Waals surface area contributed by atoms with Crippen LogP contribution in [0.25, 0.3) is 0 Å². The zero-order valence-electron chi connectivity index (χ0n) is 18.7. The van der Waals surface area contributed by atoms with E-state index >= 15 is 0 Å². The van der Waals surface area contributed by atoms with Crippen molar-refractivity contribution in [3.05, 3.63) is 29.7 Å². The number of methoxy groups -OCH3 is 1. The molecule has 2 saturated heterocycles. The Kier molecular flexibility index (Phi) is 6.17. The Labute approximate surface area is 184 Å². The third kappa shape index (κ3) is 4.00. The van der Waals surface area contributed by atoms with Gasteiger partial charge in [0.2, 0.25) is 0 Å². The van der Waals surface area contributed by atoms with Crippen LogP contribution in [-0.4, -0.2) is 72.3 Å². The number of nitrogens with one attached hydrogen (secondary N) is 1. The number of hydrogen-bond acceptors (Lipinski definition) is 7. The number of aromatic nitrogens is 1. The van der Waals surface area contributed by atoms with Crippen molar-refractivity contribution in [2.75, 3.05) is 50.2 Å². The van der Waals surface area contributed by atoms with Crippen LogP contribution in [-0.2, 0) is 9.53 Å². The number of pyridine rings is 1. The molecule has 3 aliphatic rings.